The standard InChI is InChI=1S/C11H7F4N3O2/c12-4-3-5(13)9(15)10(8(4)14)16-11(20)6-1-2-7(19)18-17-6/h3H,1-2H2,(H,16,20)(H,18,19). The highest BCUT2D eigenvalue weighted by Gasteiger charge is 2.24. The number of hydrogen-bond donors (Lipinski definition) is 2. The van der Waals surface area contributed by atoms with Gasteiger partial charge in [-0.15, -0.1) is 0 Å². The number of carbonyl (C=O) groups is 2. The largest absolute Gasteiger partial charge is 0.316 e. The number of halogens is 4. The Balaban J connectivity index is 2.27. The highest BCUT2D eigenvalue weighted by molar-refractivity contribution is 6.43. The van der Waals surface area contributed by atoms with Gasteiger partial charge < -0.3 is 5.32 Å². The van der Waals surface area contributed by atoms with E-state index in [2.05, 4.69) is 5.10 Å². The highest BCUT2D eigenvalue weighted by Crippen LogP contribution is 2.24. The molecule has 0 aliphatic carbocycles. The van der Waals surface area contributed by atoms with Crippen molar-refractivity contribution >= 4 is 23.2 Å². The molecule has 0 saturated carbocycles. The first-order valence-corrected chi connectivity index (χ1v) is 5.40. The van der Waals surface area contributed by atoms with Crippen LogP contribution in [-0.4, -0.2) is 17.5 Å². The van der Waals surface area contributed by atoms with Crippen molar-refractivity contribution in [2.75, 3.05) is 5.32 Å². The average molecular weight is 289 g/mol. The van der Waals surface area contributed by atoms with Crippen molar-refractivity contribution in [3.63, 3.8) is 0 Å². The first-order chi connectivity index (χ1) is 9.40. The van der Waals surface area contributed by atoms with Crippen molar-refractivity contribution in [1.82, 2.24) is 5.43 Å². The zero-order valence-corrected chi connectivity index (χ0v) is 9.77. The van der Waals surface area contributed by atoms with Crippen LogP contribution in [0.15, 0.2) is 11.2 Å². The fourth-order valence-electron chi connectivity index (χ4n) is 1.51. The number of carbonyl (C=O) groups excluding carboxylic acids is 2. The third kappa shape index (κ3) is 2.60. The summed E-state index contributed by atoms with van der Waals surface area (Å²) in [6.45, 7) is 0. The van der Waals surface area contributed by atoms with Crippen LogP contribution in [0.3, 0.4) is 0 Å². The molecule has 0 saturated heterocycles. The van der Waals surface area contributed by atoms with E-state index < -0.39 is 40.8 Å². The first-order valence-electron chi connectivity index (χ1n) is 5.40. The molecule has 20 heavy (non-hydrogen) atoms. The van der Waals surface area contributed by atoms with Crippen LogP contribution in [0.4, 0.5) is 23.2 Å². The van der Waals surface area contributed by atoms with Gasteiger partial charge in [-0.25, -0.2) is 23.0 Å². The molecule has 1 aromatic carbocycles. The Bertz CT molecular complexity index is 604. The Morgan fingerprint density at radius 3 is 2.25 bits per heavy atom. The maximum Gasteiger partial charge on any atom is 0.272 e. The van der Waals surface area contributed by atoms with Gasteiger partial charge >= 0.3 is 0 Å². The average Bonchev–Trinajstić information content (AvgIpc) is 2.42. The summed E-state index contributed by atoms with van der Waals surface area (Å²) in [7, 11) is 0. The molecule has 0 radical (unpaired) electrons. The monoisotopic (exact) mass is 289 g/mol. The van der Waals surface area contributed by atoms with Crippen molar-refractivity contribution < 1.29 is 27.2 Å². The maximum atomic E-state index is 13.3. The Morgan fingerprint density at radius 1 is 1.15 bits per heavy atom. The Hall–Kier alpha value is -2.45. The van der Waals surface area contributed by atoms with Crippen LogP contribution in [0.1, 0.15) is 12.8 Å². The molecule has 0 spiro atoms. The lowest BCUT2D eigenvalue weighted by molar-refractivity contribution is -0.121. The normalized spacial score (nSPS) is 14.6. The molecule has 9 heteroatoms. The molecule has 0 unspecified atom stereocenters. The van der Waals surface area contributed by atoms with Crippen molar-refractivity contribution in [1.29, 1.82) is 0 Å². The number of hydrogen-bond acceptors (Lipinski definition) is 3. The molecule has 0 aromatic heterocycles. The minimum absolute atomic E-state index is 0.0265. The number of nitrogens with one attached hydrogen (secondary N) is 2. The molecule has 0 fully saturated rings. The lowest BCUT2D eigenvalue weighted by Gasteiger charge is -2.13. The summed E-state index contributed by atoms with van der Waals surface area (Å²) in [6, 6.07) is 0.0265. The van der Waals surface area contributed by atoms with Crippen LogP contribution in [0.25, 0.3) is 0 Å². The van der Waals surface area contributed by atoms with Gasteiger partial charge in [-0.1, -0.05) is 0 Å². The van der Waals surface area contributed by atoms with Gasteiger partial charge in [-0.3, -0.25) is 9.59 Å². The van der Waals surface area contributed by atoms with E-state index in [1.807, 2.05) is 5.43 Å². The van der Waals surface area contributed by atoms with Crippen LogP contribution in [0.5, 0.6) is 0 Å². The second kappa shape index (κ2) is 5.27. The van der Waals surface area contributed by atoms with E-state index in [-0.39, 0.29) is 24.6 Å². The van der Waals surface area contributed by atoms with Crippen LogP contribution in [0, 0.1) is 23.3 Å². The predicted molar refractivity (Wildman–Crippen MR) is 59.7 cm³/mol. The Morgan fingerprint density at radius 2 is 1.75 bits per heavy atom. The molecule has 1 heterocycles. The summed E-state index contributed by atoms with van der Waals surface area (Å²) in [6.07, 6.45) is -0.0898. The number of anilines is 1. The third-order valence-electron chi connectivity index (χ3n) is 2.52. The summed E-state index contributed by atoms with van der Waals surface area (Å²) in [5.41, 5.74) is 0.545. The van der Waals surface area contributed by atoms with Gasteiger partial charge in [-0.05, 0) is 0 Å². The maximum absolute atomic E-state index is 13.3. The van der Waals surface area contributed by atoms with E-state index in [0.717, 1.165) is 0 Å². The van der Waals surface area contributed by atoms with Crippen LogP contribution < -0.4 is 10.7 Å². The van der Waals surface area contributed by atoms with E-state index in [4.69, 9.17) is 0 Å². The predicted octanol–water partition coefficient (Wildman–Crippen LogP) is 1.45. The van der Waals surface area contributed by atoms with Crippen molar-refractivity contribution in [3.05, 3.63) is 29.3 Å². The van der Waals surface area contributed by atoms with Crippen LogP contribution in [0.2, 0.25) is 0 Å². The van der Waals surface area contributed by atoms with E-state index >= 15 is 0 Å². The topological polar surface area (TPSA) is 70.6 Å². The van der Waals surface area contributed by atoms with Gasteiger partial charge in [0.1, 0.15) is 11.4 Å². The van der Waals surface area contributed by atoms with Crippen LogP contribution in [-0.2, 0) is 9.59 Å². The summed E-state index contributed by atoms with van der Waals surface area (Å²) in [5, 5.41) is 5.08. The van der Waals surface area contributed by atoms with Crippen molar-refractivity contribution in [2.24, 2.45) is 5.10 Å². The molecular weight excluding hydrogens is 282 g/mol. The fraction of sp³-hybridized carbons (Fsp3) is 0.182. The fourth-order valence-corrected chi connectivity index (χ4v) is 1.51. The number of amides is 2. The van der Waals surface area contributed by atoms with Gasteiger partial charge in [-0.2, -0.15) is 5.10 Å². The van der Waals surface area contributed by atoms with Crippen molar-refractivity contribution in [2.45, 2.75) is 12.8 Å². The van der Waals surface area contributed by atoms with Crippen LogP contribution >= 0.6 is 0 Å². The summed E-state index contributed by atoms with van der Waals surface area (Å²) < 4.78 is 52.5. The molecule has 1 aliphatic rings. The van der Waals surface area contributed by atoms with Gasteiger partial charge in [0.05, 0.1) is 0 Å². The molecule has 106 valence electrons. The zero-order chi connectivity index (χ0) is 14.9. The second-order valence-corrected chi connectivity index (χ2v) is 3.89. The number of hydrazone groups is 1. The number of benzene rings is 1. The zero-order valence-electron chi connectivity index (χ0n) is 9.77. The number of rotatable bonds is 2. The smallest absolute Gasteiger partial charge is 0.272 e. The molecule has 0 bridgehead atoms. The van der Waals surface area contributed by atoms with E-state index in [0.29, 0.717) is 0 Å². The SMILES string of the molecule is O=C1CCC(C(=O)Nc2c(F)c(F)cc(F)c2F)=NN1. The van der Waals surface area contributed by atoms with Gasteiger partial charge in [0.2, 0.25) is 5.91 Å². The minimum Gasteiger partial charge on any atom is -0.316 e. The minimum atomic E-state index is -1.72. The van der Waals surface area contributed by atoms with E-state index in [1.165, 1.54) is 0 Å². The van der Waals surface area contributed by atoms with Gasteiger partial charge in [0.25, 0.3) is 5.91 Å². The molecule has 2 N–H and O–H groups in total. The molecular formula is C11H7F4N3O2. The molecule has 2 rings (SSSR count). The van der Waals surface area contributed by atoms with Gasteiger partial charge in [0, 0.05) is 18.9 Å². The molecule has 2 amide bonds. The van der Waals surface area contributed by atoms with Crippen molar-refractivity contribution in [3.8, 4) is 0 Å². The third-order valence-corrected chi connectivity index (χ3v) is 2.52. The van der Waals surface area contributed by atoms with Gasteiger partial charge in [0.15, 0.2) is 23.3 Å². The lowest BCUT2D eigenvalue weighted by atomic mass is 10.1. The van der Waals surface area contributed by atoms with E-state index in [1.54, 1.807) is 5.32 Å². The number of nitrogens with zero attached hydrogens (tertiary/aromatic N) is 1. The lowest BCUT2D eigenvalue weighted by Crippen LogP contribution is -2.33. The molecule has 1 aliphatic heterocycles. The summed E-state index contributed by atoms with van der Waals surface area (Å²) >= 11 is 0. The quantitative estimate of drug-likeness (QED) is 0.639. The van der Waals surface area contributed by atoms with E-state index in [9.17, 15) is 27.2 Å². The molecule has 1 aromatic rings. The highest BCUT2D eigenvalue weighted by atomic mass is 19.2. The molecule has 0 atom stereocenters. The Kier molecular flexibility index (Phi) is 3.68. The first kappa shape index (κ1) is 14.0. The summed E-state index contributed by atoms with van der Waals surface area (Å²) in [5.74, 6) is -8.21. The Labute approximate surface area is 109 Å². The second-order valence-electron chi connectivity index (χ2n) is 3.89. The summed E-state index contributed by atoms with van der Waals surface area (Å²) in [4.78, 5) is 22.4. The molecule has 5 nitrogen and oxygen atoms in total.